The first-order valence-electron chi connectivity index (χ1n) is 31.6. The van der Waals surface area contributed by atoms with Gasteiger partial charge in [-0.3, -0.25) is 0 Å². The summed E-state index contributed by atoms with van der Waals surface area (Å²) in [7, 11) is 16.5. The van der Waals surface area contributed by atoms with Gasteiger partial charge >= 0.3 is 0 Å². The third-order valence-electron chi connectivity index (χ3n) is 13.7. The molecule has 11 aromatic rings. The van der Waals surface area contributed by atoms with E-state index in [4.69, 9.17) is 56.2 Å². The highest BCUT2D eigenvalue weighted by atomic mass is 16.3. The predicted octanol–water partition coefficient (Wildman–Crippen LogP) is 15.9. The van der Waals surface area contributed by atoms with Crippen molar-refractivity contribution in [1.29, 1.82) is 0 Å². The minimum Gasteiger partial charge on any atom is -0.508 e. The molecule has 18 heteroatoms. The highest BCUT2D eigenvalue weighted by molar-refractivity contribution is 5.43. The van der Waals surface area contributed by atoms with E-state index in [0.29, 0.717) is 5.75 Å². The molecule has 0 aliphatic rings. The molecule has 0 aliphatic heterocycles. The summed E-state index contributed by atoms with van der Waals surface area (Å²) in [6, 6.07) is 76.5. The van der Waals surface area contributed by atoms with Gasteiger partial charge in [0.05, 0.1) is 0 Å². The van der Waals surface area contributed by atoms with Gasteiger partial charge in [0.2, 0.25) is 0 Å². The van der Waals surface area contributed by atoms with E-state index in [1.54, 1.807) is 72.8 Å². The number of para-hydroxylation sites is 3. The average Bonchev–Trinajstić information content (AvgIpc) is 0.808. The van der Waals surface area contributed by atoms with Gasteiger partial charge in [-0.05, 0) is 205 Å². The van der Waals surface area contributed by atoms with Crippen LogP contribution in [-0.2, 0) is 38.0 Å². The highest BCUT2D eigenvalue weighted by Crippen LogP contribution is 2.33. The molecule has 0 fully saturated rings. The zero-order valence-electron chi connectivity index (χ0n) is 58.5. The lowest BCUT2D eigenvalue weighted by molar-refractivity contribution is 0.386. The van der Waals surface area contributed by atoms with E-state index in [2.05, 4.69) is 119 Å². The van der Waals surface area contributed by atoms with Gasteiger partial charge in [0.15, 0.2) is 11.5 Å². The molecule has 18 nitrogen and oxygen atoms in total. The number of hydrogen-bond acceptors (Lipinski definition) is 18. The van der Waals surface area contributed by atoms with Crippen molar-refractivity contribution in [2.45, 2.75) is 59.3 Å². The van der Waals surface area contributed by atoms with Crippen molar-refractivity contribution in [2.75, 3.05) is 56.4 Å². The second-order valence-electron chi connectivity index (χ2n) is 24.3. The van der Waals surface area contributed by atoms with Crippen LogP contribution in [0.2, 0.25) is 0 Å². The van der Waals surface area contributed by atoms with E-state index >= 15 is 0 Å². The molecule has 0 aliphatic carbocycles. The summed E-state index contributed by atoms with van der Waals surface area (Å²) < 4.78 is 0. The number of aromatic hydroxyl groups is 14. The fourth-order valence-corrected chi connectivity index (χ4v) is 8.79. The summed E-state index contributed by atoms with van der Waals surface area (Å²) in [6.07, 6.45) is 0.806. The fourth-order valence-electron chi connectivity index (χ4n) is 8.79. The summed E-state index contributed by atoms with van der Waals surface area (Å²) >= 11 is 0. The third kappa shape index (κ3) is 37.7. The Morgan fingerprint density at radius 1 is 0.228 bits per heavy atom. The summed E-state index contributed by atoms with van der Waals surface area (Å²) in [5, 5.41) is 124. The molecule has 11 rings (SSSR count). The molecule has 0 atom stereocenters. The monoisotopic (exact) mass is 1380 g/mol. The SMILES string of the molecule is C.CC(C)(c1ccc(O)cc1)c1ccc(O)cc1.CN(C)Cc1ccc(CN(C)C)cc1.CN(C)Cc1ccccc1.CN(C)Cc1ccccc1O.Oc1cc(O)cc(O)c1.Oc1ccc(Cc2ccc(O)cc2)cc1.Oc1ccc(O)cc1.Oc1cccc(O)c1.Oc1ccccc1O. The van der Waals surface area contributed by atoms with Crippen molar-refractivity contribution < 1.29 is 71.5 Å². The molecule has 0 unspecified atom stereocenters. The van der Waals surface area contributed by atoms with E-state index in [1.165, 1.54) is 71.3 Å². The second-order valence-corrected chi connectivity index (χ2v) is 24.3. The standard InChI is InChI=1S/C15H16O2.C13H12O2.C12H20N2.C9H13NO.C9H13N.C6H6O3.3C6H6O2.CH4/c1-15(2,11-3-7-13(16)8-4-11)12-5-9-14(17)10-6-12;14-12-5-1-10(2-6-12)9-11-3-7-13(15)8-4-11;1-13(2)9-11-5-7-12(8-6-11)10-14(3)4;1-10(2)7-8-5-3-4-6-9(8)11;1-10(2)8-9-6-4-3-5-7-9;7-4-1-5(8)3-6(9)2-4;7-5-1-2-6(8)4-3-5;7-5-2-1-3-6(8)4-5;7-5-3-1-2-4-6(5)8;/h3-10,16-17H,1-2H3;1-8,14-15H,9H2;5-8H,9-10H2,1-4H3;3-6,11H,7H2,1-2H3;3-7H,8H2,1-2H3;1-3,7-9H;3*1-4,7-8H;1H4. The molecular formula is C83H102N4O14. The minimum atomic E-state index is -0.151. The lowest BCUT2D eigenvalue weighted by atomic mass is 9.78. The van der Waals surface area contributed by atoms with Crippen LogP contribution in [-0.4, -0.2) is 147 Å². The molecule has 0 saturated carbocycles. The van der Waals surface area contributed by atoms with Crippen LogP contribution in [0.5, 0.6) is 80.5 Å². The number of phenolic OH excluding ortho intramolecular Hbond substituents is 14. The van der Waals surface area contributed by atoms with Crippen molar-refractivity contribution in [3.8, 4) is 80.5 Å². The molecule has 11 aromatic carbocycles. The minimum absolute atomic E-state index is 0. The van der Waals surface area contributed by atoms with Crippen molar-refractivity contribution in [3.05, 3.63) is 311 Å². The molecule has 0 bridgehead atoms. The summed E-state index contributed by atoms with van der Waals surface area (Å²) in [5.74, 6) is 1.41. The van der Waals surface area contributed by atoms with Crippen LogP contribution in [0.4, 0.5) is 0 Å². The molecule has 0 heterocycles. The Balaban J connectivity index is 0.000000391. The normalized spacial score (nSPS) is 10.1. The van der Waals surface area contributed by atoms with E-state index in [9.17, 15) is 15.3 Å². The van der Waals surface area contributed by atoms with Crippen molar-refractivity contribution in [1.82, 2.24) is 19.6 Å². The Morgan fingerprint density at radius 2 is 0.475 bits per heavy atom. The molecule has 0 saturated heterocycles. The maximum atomic E-state index is 9.33. The molecule has 14 N–H and O–H groups in total. The largest absolute Gasteiger partial charge is 0.508 e. The fraction of sp³-hybridized carbons (Fsp3) is 0.205. The topological polar surface area (TPSA) is 296 Å². The smallest absolute Gasteiger partial charge is 0.157 e. The Labute approximate surface area is 595 Å². The molecule has 0 aromatic heterocycles. The van der Waals surface area contributed by atoms with Crippen LogP contribution in [0.3, 0.4) is 0 Å². The molecule has 101 heavy (non-hydrogen) atoms. The van der Waals surface area contributed by atoms with Gasteiger partial charge in [-0.15, -0.1) is 0 Å². The Bertz CT molecular complexity index is 3760. The van der Waals surface area contributed by atoms with Crippen molar-refractivity contribution in [3.63, 3.8) is 0 Å². The number of nitrogens with zero attached hydrogens (tertiary/aromatic N) is 4. The van der Waals surface area contributed by atoms with Gasteiger partial charge in [0.1, 0.15) is 69.0 Å². The average molecular weight is 1380 g/mol. The van der Waals surface area contributed by atoms with Gasteiger partial charge in [-0.2, -0.15) is 0 Å². The molecule has 0 amide bonds. The zero-order chi connectivity index (χ0) is 74.2. The van der Waals surface area contributed by atoms with Crippen LogP contribution in [0.15, 0.2) is 267 Å². The van der Waals surface area contributed by atoms with Gasteiger partial charge in [0, 0.05) is 61.4 Å². The van der Waals surface area contributed by atoms with E-state index in [0.717, 1.165) is 78.6 Å². The van der Waals surface area contributed by atoms with Gasteiger partial charge in [-0.1, -0.05) is 161 Å². The predicted molar refractivity (Wildman–Crippen MR) is 405 cm³/mol. The lowest BCUT2D eigenvalue weighted by Crippen LogP contribution is -2.18. The third-order valence-corrected chi connectivity index (χ3v) is 13.7. The maximum Gasteiger partial charge on any atom is 0.157 e. The van der Waals surface area contributed by atoms with Crippen LogP contribution >= 0.6 is 0 Å². The Morgan fingerprint density at radius 3 is 0.752 bits per heavy atom. The molecule has 0 spiro atoms. The van der Waals surface area contributed by atoms with E-state index < -0.39 is 0 Å². The van der Waals surface area contributed by atoms with Crippen LogP contribution in [0.1, 0.15) is 65.8 Å². The number of benzene rings is 11. The summed E-state index contributed by atoms with van der Waals surface area (Å²) in [4.78, 5) is 8.55. The molecule has 538 valence electrons. The van der Waals surface area contributed by atoms with Gasteiger partial charge < -0.3 is 91.1 Å². The first-order chi connectivity index (χ1) is 47.4. The van der Waals surface area contributed by atoms with Crippen molar-refractivity contribution >= 4 is 0 Å². The Kier molecular flexibility index (Phi) is 38.8. The van der Waals surface area contributed by atoms with Gasteiger partial charge in [-0.25, -0.2) is 0 Å². The summed E-state index contributed by atoms with van der Waals surface area (Å²) in [5.41, 5.74) is 9.46. The number of hydrogen-bond donors (Lipinski definition) is 14. The maximum absolute atomic E-state index is 9.33. The summed E-state index contributed by atoms with van der Waals surface area (Å²) in [6.45, 7) is 8.08. The van der Waals surface area contributed by atoms with Gasteiger partial charge in [0.25, 0.3) is 0 Å². The Hall–Kier alpha value is -11.5. The molecule has 0 radical (unpaired) electrons. The van der Waals surface area contributed by atoms with Crippen LogP contribution < -0.4 is 0 Å². The van der Waals surface area contributed by atoms with Crippen LogP contribution in [0.25, 0.3) is 0 Å². The quantitative estimate of drug-likeness (QED) is 0.0399. The van der Waals surface area contributed by atoms with E-state index in [1.807, 2.05) is 91.8 Å². The number of rotatable bonds is 12. The highest BCUT2D eigenvalue weighted by Gasteiger charge is 2.23. The first kappa shape index (κ1) is 85.5. The number of phenols is 14. The second kappa shape index (κ2) is 45.9. The zero-order valence-corrected chi connectivity index (χ0v) is 58.5. The van der Waals surface area contributed by atoms with E-state index in [-0.39, 0.29) is 87.6 Å². The lowest BCUT2D eigenvalue weighted by Gasteiger charge is -2.26. The van der Waals surface area contributed by atoms with Crippen LogP contribution in [0, 0.1) is 0 Å². The molecular weight excluding hydrogens is 1280 g/mol. The first-order valence-corrected chi connectivity index (χ1v) is 31.6. The van der Waals surface area contributed by atoms with Crippen molar-refractivity contribution in [2.24, 2.45) is 0 Å².